The van der Waals surface area contributed by atoms with Crippen LogP contribution in [0.25, 0.3) is 44.2 Å². The molecule has 2 unspecified atom stereocenters. The Morgan fingerprint density at radius 1 is 0.676 bits per heavy atom. The Kier molecular flexibility index (Phi) is 4.20. The molecular weight excluding hydrogens is 455 g/mol. The van der Waals surface area contributed by atoms with Gasteiger partial charge in [0.25, 0.3) is 0 Å². The normalized spacial score (nSPS) is 22.6. The monoisotopic (exact) mass is 484 g/mol. The average Bonchev–Trinajstić information content (AvgIpc) is 3.56. The third-order valence-corrected chi connectivity index (χ3v) is 9.26. The van der Waals surface area contributed by atoms with E-state index in [-0.39, 0.29) is 0 Å². The highest BCUT2D eigenvalue weighted by Gasteiger charge is 2.52. The molecule has 2 atom stereocenters. The first-order valence-electron chi connectivity index (χ1n) is 13.4. The molecule has 0 spiro atoms. The van der Waals surface area contributed by atoms with Crippen LogP contribution in [0, 0.1) is 0 Å². The van der Waals surface area contributed by atoms with Crippen LogP contribution < -0.4 is 5.46 Å². The van der Waals surface area contributed by atoms with Crippen molar-refractivity contribution in [2.45, 2.75) is 57.2 Å². The fourth-order valence-electron chi connectivity index (χ4n) is 6.44. The summed E-state index contributed by atoms with van der Waals surface area (Å²) >= 11 is 0. The van der Waals surface area contributed by atoms with Crippen LogP contribution in [0.15, 0.2) is 83.3 Å². The van der Waals surface area contributed by atoms with Crippen molar-refractivity contribution in [3.05, 3.63) is 90.0 Å². The molecule has 1 saturated heterocycles. The molecule has 3 aliphatic rings. The largest absolute Gasteiger partial charge is 0.495 e. The fraction of sp³-hybridized carbons (Fsp3) is 0.273. The maximum absolute atomic E-state index is 6.43. The van der Waals surface area contributed by atoms with E-state index in [1.807, 2.05) is 12.1 Å². The third-order valence-electron chi connectivity index (χ3n) is 9.26. The second-order valence-electron chi connectivity index (χ2n) is 12.0. The van der Waals surface area contributed by atoms with Crippen LogP contribution in [0.3, 0.4) is 0 Å². The Balaban J connectivity index is 1.26. The summed E-state index contributed by atoms with van der Waals surface area (Å²) in [5.74, 6) is 1.33. The first-order valence-corrected chi connectivity index (χ1v) is 13.4. The van der Waals surface area contributed by atoms with Crippen molar-refractivity contribution in [1.29, 1.82) is 0 Å². The summed E-state index contributed by atoms with van der Waals surface area (Å²) in [4.78, 5) is 0. The van der Waals surface area contributed by atoms with Crippen LogP contribution in [-0.4, -0.2) is 18.3 Å². The van der Waals surface area contributed by atoms with Gasteiger partial charge < -0.3 is 13.7 Å². The predicted octanol–water partition coefficient (Wildman–Crippen LogP) is 7.80. The molecule has 182 valence electrons. The first-order chi connectivity index (χ1) is 17.8. The lowest BCUT2D eigenvalue weighted by Gasteiger charge is -2.32. The molecule has 3 nitrogen and oxygen atoms in total. The Morgan fingerprint density at radius 3 is 2.22 bits per heavy atom. The lowest BCUT2D eigenvalue weighted by molar-refractivity contribution is 0.00578. The molecule has 5 aromatic rings. The van der Waals surface area contributed by atoms with E-state index in [4.69, 9.17) is 13.7 Å². The van der Waals surface area contributed by atoms with E-state index in [0.29, 0.717) is 11.8 Å². The molecule has 0 N–H and O–H groups in total. The summed E-state index contributed by atoms with van der Waals surface area (Å²) in [6, 6.07) is 28.7. The molecule has 0 bridgehead atoms. The van der Waals surface area contributed by atoms with Crippen LogP contribution in [0.1, 0.15) is 57.1 Å². The van der Waals surface area contributed by atoms with Gasteiger partial charge in [0.2, 0.25) is 0 Å². The van der Waals surface area contributed by atoms with E-state index in [1.165, 1.54) is 39.8 Å². The summed E-state index contributed by atoms with van der Waals surface area (Å²) < 4.78 is 19.2. The number of hydrogen-bond acceptors (Lipinski definition) is 3. The van der Waals surface area contributed by atoms with E-state index < -0.39 is 18.3 Å². The van der Waals surface area contributed by atoms with Crippen LogP contribution >= 0.6 is 0 Å². The lowest BCUT2D eigenvalue weighted by atomic mass is 9.76. The SMILES string of the molecule is CC1(C)OB(c2cccc3oc4ccc(-c5ccc6c(c5)C5CC5c5ccccc5-6)cc4c23)OC1(C)C. The summed E-state index contributed by atoms with van der Waals surface area (Å²) in [5.41, 5.74) is 10.3. The molecule has 2 aliphatic carbocycles. The number of benzene rings is 4. The second-order valence-corrected chi connectivity index (χ2v) is 12.0. The standard InChI is InChI=1S/C33H29BO3/c1-32(2)33(3,4)37-34(36-32)28-10-7-11-30-31(28)27-17-20(13-15-29(27)35-30)19-12-14-23-21-8-5-6-9-22(21)25-18-26(25)24(23)16-19/h5-17,25-26H,18H2,1-4H3. The van der Waals surface area contributed by atoms with Gasteiger partial charge in [-0.25, -0.2) is 0 Å². The minimum atomic E-state index is -0.436. The molecule has 2 heterocycles. The van der Waals surface area contributed by atoms with Gasteiger partial charge >= 0.3 is 7.12 Å². The van der Waals surface area contributed by atoms with E-state index in [9.17, 15) is 0 Å². The van der Waals surface area contributed by atoms with Crippen LogP contribution in [0.5, 0.6) is 0 Å². The summed E-state index contributed by atoms with van der Waals surface area (Å²) in [6.07, 6.45) is 1.26. The summed E-state index contributed by atoms with van der Waals surface area (Å²) in [5, 5.41) is 2.18. The van der Waals surface area contributed by atoms with Crippen molar-refractivity contribution in [1.82, 2.24) is 0 Å². The van der Waals surface area contributed by atoms with E-state index >= 15 is 0 Å². The average molecular weight is 484 g/mol. The van der Waals surface area contributed by atoms with Gasteiger partial charge in [-0.2, -0.15) is 0 Å². The maximum Gasteiger partial charge on any atom is 0.495 e. The molecule has 1 aliphatic heterocycles. The summed E-state index contributed by atoms with van der Waals surface area (Å²) in [7, 11) is -0.436. The number of furan rings is 1. The van der Waals surface area contributed by atoms with Crippen molar-refractivity contribution in [3.8, 4) is 22.3 Å². The van der Waals surface area contributed by atoms with E-state index in [2.05, 4.69) is 94.4 Å². The topological polar surface area (TPSA) is 31.6 Å². The number of rotatable bonds is 2. The molecule has 37 heavy (non-hydrogen) atoms. The highest BCUT2D eigenvalue weighted by Crippen LogP contribution is 2.62. The van der Waals surface area contributed by atoms with Crippen molar-refractivity contribution in [2.24, 2.45) is 0 Å². The van der Waals surface area contributed by atoms with Gasteiger partial charge in [-0.3, -0.25) is 0 Å². The van der Waals surface area contributed by atoms with Crippen molar-refractivity contribution >= 4 is 34.5 Å². The zero-order valence-corrected chi connectivity index (χ0v) is 21.7. The van der Waals surface area contributed by atoms with Gasteiger partial charge in [-0.1, -0.05) is 60.7 Å². The molecule has 0 amide bonds. The zero-order valence-electron chi connectivity index (χ0n) is 21.7. The lowest BCUT2D eigenvalue weighted by Crippen LogP contribution is -2.41. The molecule has 4 heteroatoms. The van der Waals surface area contributed by atoms with Gasteiger partial charge in [-0.05, 0) is 103 Å². The molecule has 2 fully saturated rings. The number of fused-ring (bicyclic) bond motifs is 9. The van der Waals surface area contributed by atoms with Gasteiger partial charge in [0.15, 0.2) is 0 Å². The third kappa shape index (κ3) is 3.03. The summed E-state index contributed by atoms with van der Waals surface area (Å²) in [6.45, 7) is 8.38. The quantitative estimate of drug-likeness (QED) is 0.240. The molecule has 1 saturated carbocycles. The Labute approximate surface area is 217 Å². The van der Waals surface area contributed by atoms with E-state index in [0.717, 1.165) is 27.4 Å². The molecule has 4 aromatic carbocycles. The second kappa shape index (κ2) is 7.15. The van der Waals surface area contributed by atoms with E-state index in [1.54, 1.807) is 0 Å². The molecular formula is C33H29BO3. The molecule has 0 radical (unpaired) electrons. The molecule has 8 rings (SSSR count). The Hall–Kier alpha value is -3.34. The van der Waals surface area contributed by atoms with Crippen LogP contribution in [0.4, 0.5) is 0 Å². The number of hydrogen-bond donors (Lipinski definition) is 0. The van der Waals surface area contributed by atoms with Crippen molar-refractivity contribution in [3.63, 3.8) is 0 Å². The highest BCUT2D eigenvalue weighted by molar-refractivity contribution is 6.66. The van der Waals surface area contributed by atoms with Crippen LogP contribution in [0.2, 0.25) is 0 Å². The first kappa shape index (κ1) is 21.7. The van der Waals surface area contributed by atoms with Gasteiger partial charge in [-0.15, -0.1) is 0 Å². The van der Waals surface area contributed by atoms with Gasteiger partial charge in [0.05, 0.1) is 11.2 Å². The maximum atomic E-state index is 6.43. The Morgan fingerprint density at radius 2 is 1.38 bits per heavy atom. The predicted molar refractivity (Wildman–Crippen MR) is 150 cm³/mol. The zero-order chi connectivity index (χ0) is 25.1. The smallest absolute Gasteiger partial charge is 0.456 e. The minimum absolute atomic E-state index is 0.396. The minimum Gasteiger partial charge on any atom is -0.456 e. The van der Waals surface area contributed by atoms with Crippen LogP contribution in [-0.2, 0) is 9.31 Å². The highest BCUT2D eigenvalue weighted by atomic mass is 16.7. The van der Waals surface area contributed by atoms with Crippen molar-refractivity contribution in [2.75, 3.05) is 0 Å². The van der Waals surface area contributed by atoms with Crippen molar-refractivity contribution < 1.29 is 13.7 Å². The Bertz CT molecular complexity index is 1730. The fourth-order valence-corrected chi connectivity index (χ4v) is 6.44. The van der Waals surface area contributed by atoms with Gasteiger partial charge in [0.1, 0.15) is 11.2 Å². The molecule has 1 aromatic heterocycles. The van der Waals surface area contributed by atoms with Gasteiger partial charge in [0, 0.05) is 10.8 Å².